The summed E-state index contributed by atoms with van der Waals surface area (Å²) in [5.41, 5.74) is 11.7. The van der Waals surface area contributed by atoms with Crippen molar-refractivity contribution in [3.05, 3.63) is 163 Å². The number of aromatic nitrogens is 1. The molecule has 0 aliphatic heterocycles. The normalized spacial score (nSPS) is 13.6. The van der Waals surface area contributed by atoms with E-state index in [2.05, 4.69) is 170 Å². The molecule has 1 heteroatoms. The third kappa shape index (κ3) is 3.40. The van der Waals surface area contributed by atoms with Crippen molar-refractivity contribution in [3.63, 3.8) is 0 Å². The molecule has 0 amide bonds. The van der Waals surface area contributed by atoms with Gasteiger partial charge in [0.25, 0.3) is 0 Å². The van der Waals surface area contributed by atoms with Crippen LogP contribution in [0, 0.1) is 0 Å². The highest BCUT2D eigenvalue weighted by molar-refractivity contribution is 6.21. The lowest BCUT2D eigenvalue weighted by molar-refractivity contribution is 0.661. The van der Waals surface area contributed by atoms with E-state index < -0.39 is 0 Å². The van der Waals surface area contributed by atoms with Crippen molar-refractivity contribution in [2.75, 3.05) is 0 Å². The van der Waals surface area contributed by atoms with Crippen molar-refractivity contribution in [2.24, 2.45) is 0 Å². The summed E-state index contributed by atoms with van der Waals surface area (Å²) in [6.07, 6.45) is 0. The summed E-state index contributed by atoms with van der Waals surface area (Å²) in [7, 11) is 0. The molecule has 0 bridgehead atoms. The minimum atomic E-state index is -0.0497. The van der Waals surface area contributed by atoms with Gasteiger partial charge in [-0.1, -0.05) is 129 Å². The van der Waals surface area contributed by atoms with Crippen LogP contribution in [0.15, 0.2) is 152 Å². The van der Waals surface area contributed by atoms with Crippen LogP contribution < -0.4 is 0 Å². The molecule has 1 aliphatic rings. The summed E-state index contributed by atoms with van der Waals surface area (Å²) in [6.45, 7) is 4.74. The Labute approximate surface area is 268 Å². The van der Waals surface area contributed by atoms with E-state index in [1.54, 1.807) is 0 Å². The molecule has 0 radical (unpaired) electrons. The minimum Gasteiger partial charge on any atom is -0.309 e. The van der Waals surface area contributed by atoms with E-state index in [0.717, 1.165) is 0 Å². The van der Waals surface area contributed by atoms with Gasteiger partial charge in [0.1, 0.15) is 0 Å². The average molecular weight is 586 g/mol. The second-order valence-electron chi connectivity index (χ2n) is 13.3. The lowest BCUT2D eigenvalue weighted by Crippen LogP contribution is -2.14. The van der Waals surface area contributed by atoms with E-state index in [4.69, 9.17) is 0 Å². The first-order chi connectivity index (χ1) is 22.6. The van der Waals surface area contributed by atoms with E-state index in [1.807, 2.05) is 0 Å². The summed E-state index contributed by atoms with van der Waals surface area (Å²) in [4.78, 5) is 0. The number of hydrogen-bond acceptors (Lipinski definition) is 0. The number of rotatable bonds is 2. The van der Waals surface area contributed by atoms with Crippen LogP contribution in [0.2, 0.25) is 0 Å². The molecule has 1 aliphatic carbocycles. The van der Waals surface area contributed by atoms with Gasteiger partial charge in [-0.2, -0.15) is 0 Å². The molecule has 9 aromatic rings. The Balaban J connectivity index is 1.33. The van der Waals surface area contributed by atoms with Crippen LogP contribution in [-0.4, -0.2) is 4.57 Å². The summed E-state index contributed by atoms with van der Waals surface area (Å²) >= 11 is 0. The lowest BCUT2D eigenvalue weighted by Gasteiger charge is -2.21. The molecule has 0 fully saturated rings. The Morgan fingerprint density at radius 3 is 1.98 bits per heavy atom. The average Bonchev–Trinajstić information content (AvgIpc) is 3.54. The standard InChI is InChI=1S/C45H31N/c1-45(2)40-19-11-10-18-34(40)38-27-43-39(26-41(38)45)35-22-21-30(25-42(35)46(43)31-14-4-3-5-15-31)44-33-17-9-7-13-29(33)24-37-32-16-8-6-12-28(32)20-23-36(37)44/h3-27H,1-2H3. The Kier molecular flexibility index (Phi) is 5.12. The number of hydrogen-bond donors (Lipinski definition) is 0. The van der Waals surface area contributed by atoms with Gasteiger partial charge in [-0.15, -0.1) is 0 Å². The zero-order valence-electron chi connectivity index (χ0n) is 25.9. The van der Waals surface area contributed by atoms with Crippen molar-refractivity contribution in [2.45, 2.75) is 19.3 Å². The van der Waals surface area contributed by atoms with Gasteiger partial charge in [0.15, 0.2) is 0 Å². The van der Waals surface area contributed by atoms with Gasteiger partial charge in [0.2, 0.25) is 0 Å². The molecule has 0 spiro atoms. The smallest absolute Gasteiger partial charge is 0.0547 e. The second-order valence-corrected chi connectivity index (χ2v) is 13.3. The highest BCUT2D eigenvalue weighted by Crippen LogP contribution is 2.51. The fourth-order valence-electron chi connectivity index (χ4n) is 8.35. The van der Waals surface area contributed by atoms with E-state index in [1.165, 1.54) is 93.2 Å². The summed E-state index contributed by atoms with van der Waals surface area (Å²) in [5, 5.41) is 10.3. The first kappa shape index (κ1) is 25.6. The molecule has 8 aromatic carbocycles. The minimum absolute atomic E-state index is 0.0497. The molecule has 1 aromatic heterocycles. The van der Waals surface area contributed by atoms with Crippen LogP contribution in [0.5, 0.6) is 0 Å². The van der Waals surface area contributed by atoms with Gasteiger partial charge in [0.05, 0.1) is 11.0 Å². The highest BCUT2D eigenvalue weighted by atomic mass is 15.0. The maximum absolute atomic E-state index is 2.48. The number of para-hydroxylation sites is 1. The zero-order valence-corrected chi connectivity index (χ0v) is 25.9. The molecule has 46 heavy (non-hydrogen) atoms. The SMILES string of the molecule is CC1(C)c2ccccc2-c2cc3c(cc21)c1ccc(-c2c4ccccc4cc4c2ccc2ccccc24)cc1n3-c1ccccc1. The van der Waals surface area contributed by atoms with E-state index in [-0.39, 0.29) is 5.41 Å². The lowest BCUT2D eigenvalue weighted by atomic mass is 9.82. The van der Waals surface area contributed by atoms with Gasteiger partial charge in [-0.3, -0.25) is 0 Å². The zero-order chi connectivity index (χ0) is 30.6. The van der Waals surface area contributed by atoms with E-state index in [0.29, 0.717) is 0 Å². The molecule has 10 rings (SSSR count). The van der Waals surface area contributed by atoms with Crippen molar-refractivity contribution >= 4 is 54.1 Å². The summed E-state index contributed by atoms with van der Waals surface area (Å²) in [5.74, 6) is 0. The molecule has 1 heterocycles. The number of fused-ring (bicyclic) bond motifs is 10. The Morgan fingerprint density at radius 2 is 1.11 bits per heavy atom. The highest BCUT2D eigenvalue weighted by Gasteiger charge is 2.36. The van der Waals surface area contributed by atoms with Crippen molar-refractivity contribution < 1.29 is 0 Å². The Morgan fingerprint density at radius 1 is 0.413 bits per heavy atom. The van der Waals surface area contributed by atoms with Crippen LogP contribution in [0.4, 0.5) is 0 Å². The van der Waals surface area contributed by atoms with E-state index >= 15 is 0 Å². The maximum Gasteiger partial charge on any atom is 0.0547 e. The Bertz CT molecular complexity index is 2710. The molecule has 0 saturated heterocycles. The van der Waals surface area contributed by atoms with Gasteiger partial charge < -0.3 is 4.57 Å². The molecular weight excluding hydrogens is 555 g/mol. The first-order valence-corrected chi connectivity index (χ1v) is 16.2. The molecule has 0 N–H and O–H groups in total. The van der Waals surface area contributed by atoms with Crippen LogP contribution in [0.1, 0.15) is 25.0 Å². The molecular formula is C45H31N. The largest absolute Gasteiger partial charge is 0.309 e. The third-order valence-electron chi connectivity index (χ3n) is 10.5. The number of benzene rings is 8. The van der Waals surface area contributed by atoms with Gasteiger partial charge in [0, 0.05) is 21.9 Å². The van der Waals surface area contributed by atoms with Crippen molar-refractivity contribution in [3.8, 4) is 27.9 Å². The predicted octanol–water partition coefficient (Wildman–Crippen LogP) is 12.2. The van der Waals surface area contributed by atoms with Crippen LogP contribution >= 0.6 is 0 Å². The second kappa shape index (κ2) is 9.19. The third-order valence-corrected chi connectivity index (χ3v) is 10.5. The quantitative estimate of drug-likeness (QED) is 0.140. The topological polar surface area (TPSA) is 4.93 Å². The van der Waals surface area contributed by atoms with Crippen LogP contribution in [0.3, 0.4) is 0 Å². The maximum atomic E-state index is 2.48. The Hall–Kier alpha value is -5.66. The van der Waals surface area contributed by atoms with Gasteiger partial charge in [-0.05, 0) is 102 Å². The molecule has 0 saturated carbocycles. The fourth-order valence-corrected chi connectivity index (χ4v) is 8.35. The molecule has 0 atom stereocenters. The summed E-state index contributed by atoms with van der Waals surface area (Å²) < 4.78 is 2.48. The fraction of sp³-hybridized carbons (Fsp3) is 0.0667. The van der Waals surface area contributed by atoms with Crippen molar-refractivity contribution in [1.29, 1.82) is 0 Å². The molecule has 1 nitrogen and oxygen atoms in total. The van der Waals surface area contributed by atoms with Crippen LogP contribution in [-0.2, 0) is 5.41 Å². The van der Waals surface area contributed by atoms with Crippen molar-refractivity contribution in [1.82, 2.24) is 4.57 Å². The summed E-state index contributed by atoms with van der Waals surface area (Å²) in [6, 6.07) is 56.4. The predicted molar refractivity (Wildman–Crippen MR) is 196 cm³/mol. The number of nitrogens with zero attached hydrogens (tertiary/aromatic N) is 1. The van der Waals surface area contributed by atoms with Gasteiger partial charge in [-0.25, -0.2) is 0 Å². The van der Waals surface area contributed by atoms with Gasteiger partial charge >= 0.3 is 0 Å². The van der Waals surface area contributed by atoms with Crippen LogP contribution in [0.25, 0.3) is 82.1 Å². The monoisotopic (exact) mass is 585 g/mol. The molecule has 0 unspecified atom stereocenters. The molecule has 216 valence electrons. The first-order valence-electron chi connectivity index (χ1n) is 16.2. The van der Waals surface area contributed by atoms with E-state index in [9.17, 15) is 0 Å².